The molecule has 4 aromatic rings. The Morgan fingerprint density at radius 3 is 2.54 bits per heavy atom. The Kier molecular flexibility index (Phi) is 5.68. The zero-order chi connectivity index (χ0) is 27.6. The Hall–Kier alpha value is -4.01. The number of nitrogens with zero attached hydrogens (tertiary/aromatic N) is 6. The smallest absolute Gasteiger partial charge is 0.324 e. The molecule has 0 radical (unpaired) electrons. The molecule has 39 heavy (non-hydrogen) atoms. The molecule has 2 aliphatic rings. The molecule has 9 nitrogen and oxygen atoms in total. The Labute approximate surface area is 215 Å². The van der Waals surface area contributed by atoms with E-state index in [9.17, 15) is 31.1 Å². The quantitative estimate of drug-likeness (QED) is 0.363. The van der Waals surface area contributed by atoms with Crippen LogP contribution < -0.4 is 16.2 Å². The van der Waals surface area contributed by atoms with Crippen LogP contribution >= 0.6 is 0 Å². The Balaban J connectivity index is 1.47. The minimum Gasteiger partial charge on any atom is -0.324 e. The highest BCUT2D eigenvalue weighted by atomic mass is 19.4. The number of halogens is 6. The monoisotopic (exact) mass is 550 g/mol. The first kappa shape index (κ1) is 25.3. The lowest BCUT2D eigenvalue weighted by molar-refractivity contribution is -0.162. The number of fused-ring (bicyclic) bond motifs is 2. The summed E-state index contributed by atoms with van der Waals surface area (Å²) in [4.78, 5) is 29.1. The first-order valence-corrected chi connectivity index (χ1v) is 12.0. The summed E-state index contributed by atoms with van der Waals surface area (Å²) >= 11 is 0. The van der Waals surface area contributed by atoms with Crippen molar-refractivity contribution >= 4 is 22.7 Å². The number of hydrogen-bond acceptors (Lipinski definition) is 7. The third-order valence-corrected chi connectivity index (χ3v) is 6.93. The molecule has 204 valence electrons. The number of rotatable bonds is 5. The Morgan fingerprint density at radius 1 is 1.03 bits per heavy atom. The molecule has 4 heterocycles. The van der Waals surface area contributed by atoms with Crippen molar-refractivity contribution in [3.8, 4) is 5.82 Å². The molecule has 1 aromatic carbocycles. The van der Waals surface area contributed by atoms with Gasteiger partial charge in [-0.1, -0.05) is 6.07 Å². The molecule has 1 aliphatic carbocycles. The zero-order valence-corrected chi connectivity index (χ0v) is 20.1. The van der Waals surface area contributed by atoms with Crippen molar-refractivity contribution in [1.29, 1.82) is 0 Å². The van der Waals surface area contributed by atoms with Crippen LogP contribution in [0.5, 0.6) is 0 Å². The van der Waals surface area contributed by atoms with Gasteiger partial charge in [0.05, 0.1) is 0 Å². The second-order valence-electron chi connectivity index (χ2n) is 9.57. The summed E-state index contributed by atoms with van der Waals surface area (Å²) in [6, 6.07) is 6.77. The van der Waals surface area contributed by atoms with Gasteiger partial charge in [-0.15, -0.1) is 0 Å². The number of nitrogens with one attached hydrogen (secondary N) is 2. The van der Waals surface area contributed by atoms with Crippen LogP contribution in [0.3, 0.4) is 0 Å². The largest absolute Gasteiger partial charge is 0.408 e. The average Bonchev–Trinajstić information content (AvgIpc) is 3.66. The molecule has 1 fully saturated rings. The maximum atomic E-state index is 13.7. The van der Waals surface area contributed by atoms with Crippen LogP contribution in [0.25, 0.3) is 16.9 Å². The van der Waals surface area contributed by atoms with E-state index < -0.39 is 35.7 Å². The molecule has 0 saturated heterocycles. The summed E-state index contributed by atoms with van der Waals surface area (Å²) in [5.41, 5.74) is -0.708. The van der Waals surface area contributed by atoms with Gasteiger partial charge in [0.15, 0.2) is 11.5 Å². The summed E-state index contributed by atoms with van der Waals surface area (Å²) in [6.07, 6.45) is -7.02. The van der Waals surface area contributed by atoms with Crippen LogP contribution in [-0.2, 0) is 24.9 Å². The van der Waals surface area contributed by atoms with E-state index in [0.717, 1.165) is 53.8 Å². The van der Waals surface area contributed by atoms with Crippen molar-refractivity contribution < 1.29 is 26.3 Å². The molecule has 15 heteroatoms. The summed E-state index contributed by atoms with van der Waals surface area (Å²) in [6.45, 7) is -0.171. The van der Waals surface area contributed by atoms with Crippen molar-refractivity contribution in [1.82, 2.24) is 34.6 Å². The standard InChI is InChI=1S/C24H20F6N8O/c25-23(26,27)12-37-19(39)16-11-33-21(34-15-2-1-14-10-31-7-3-13(14)9-15)36-18(16)38(37)17-4-8-32-20(35-17)22(5-6-22)24(28,29)30/h1-2,4,8-9,11,31H,3,5-7,10,12H2,(H,33,34,36). The van der Waals surface area contributed by atoms with Gasteiger partial charge in [-0.3, -0.25) is 4.79 Å². The fourth-order valence-electron chi connectivity index (χ4n) is 4.77. The van der Waals surface area contributed by atoms with Crippen molar-refractivity contribution in [3.05, 3.63) is 64.0 Å². The van der Waals surface area contributed by atoms with Gasteiger partial charge in [-0.2, -0.15) is 31.3 Å². The van der Waals surface area contributed by atoms with Crippen LogP contribution in [0.15, 0.2) is 41.5 Å². The first-order chi connectivity index (χ1) is 18.5. The molecule has 2 N–H and O–H groups in total. The van der Waals surface area contributed by atoms with Crippen LogP contribution in [0, 0.1) is 0 Å². The topological polar surface area (TPSA) is 103 Å². The molecule has 3 aromatic heterocycles. The Morgan fingerprint density at radius 2 is 1.82 bits per heavy atom. The summed E-state index contributed by atoms with van der Waals surface area (Å²) in [5.74, 6) is -0.938. The zero-order valence-electron chi connectivity index (χ0n) is 20.1. The molecule has 0 amide bonds. The van der Waals surface area contributed by atoms with E-state index in [-0.39, 0.29) is 35.6 Å². The lowest BCUT2D eigenvalue weighted by Gasteiger charge is -2.19. The van der Waals surface area contributed by atoms with Crippen LogP contribution in [-0.4, -0.2) is 48.2 Å². The van der Waals surface area contributed by atoms with E-state index in [1.54, 1.807) is 6.07 Å². The van der Waals surface area contributed by atoms with Crippen LogP contribution in [0.1, 0.15) is 29.8 Å². The Bertz CT molecular complexity index is 1640. The summed E-state index contributed by atoms with van der Waals surface area (Å²) in [7, 11) is 0. The highest BCUT2D eigenvalue weighted by molar-refractivity contribution is 5.77. The number of alkyl halides is 6. The fraction of sp³-hybridized carbons (Fsp3) is 0.375. The predicted molar refractivity (Wildman–Crippen MR) is 127 cm³/mol. The second kappa shape index (κ2) is 8.76. The first-order valence-electron chi connectivity index (χ1n) is 12.0. The van der Waals surface area contributed by atoms with Crippen molar-refractivity contribution in [3.63, 3.8) is 0 Å². The van der Waals surface area contributed by atoms with E-state index in [0.29, 0.717) is 10.4 Å². The maximum Gasteiger partial charge on any atom is 0.408 e. The van der Waals surface area contributed by atoms with E-state index in [1.165, 1.54) is 0 Å². The average molecular weight is 550 g/mol. The highest BCUT2D eigenvalue weighted by Crippen LogP contribution is 2.57. The second-order valence-corrected chi connectivity index (χ2v) is 9.57. The van der Waals surface area contributed by atoms with Gasteiger partial charge in [0.25, 0.3) is 5.56 Å². The van der Waals surface area contributed by atoms with E-state index in [2.05, 4.69) is 30.6 Å². The highest BCUT2D eigenvalue weighted by Gasteiger charge is 2.66. The molecular formula is C24H20F6N8O. The molecule has 0 spiro atoms. The summed E-state index contributed by atoms with van der Waals surface area (Å²) < 4.78 is 82.7. The third kappa shape index (κ3) is 4.49. The number of anilines is 2. The minimum atomic E-state index is -4.82. The SMILES string of the molecule is O=c1c2cnc(Nc3ccc4c(c3)CCNC4)nc2n(-c2ccnc(C3(C(F)(F)F)CC3)n2)n1CC(F)(F)F. The van der Waals surface area contributed by atoms with Crippen LogP contribution in [0.2, 0.25) is 0 Å². The predicted octanol–water partition coefficient (Wildman–Crippen LogP) is 3.92. The molecule has 0 atom stereocenters. The van der Waals surface area contributed by atoms with E-state index in [1.807, 2.05) is 12.1 Å². The summed E-state index contributed by atoms with van der Waals surface area (Å²) in [5, 5.41) is 6.01. The fourth-order valence-corrected chi connectivity index (χ4v) is 4.77. The number of aromatic nitrogens is 6. The molecule has 1 saturated carbocycles. The molecule has 1 aliphatic heterocycles. The van der Waals surface area contributed by atoms with Gasteiger partial charge in [0, 0.05) is 30.7 Å². The van der Waals surface area contributed by atoms with Gasteiger partial charge >= 0.3 is 12.4 Å². The lowest BCUT2D eigenvalue weighted by Crippen LogP contribution is -2.32. The van der Waals surface area contributed by atoms with Gasteiger partial charge < -0.3 is 10.6 Å². The van der Waals surface area contributed by atoms with Crippen LogP contribution in [0.4, 0.5) is 38.0 Å². The van der Waals surface area contributed by atoms with E-state index in [4.69, 9.17) is 0 Å². The van der Waals surface area contributed by atoms with Crippen molar-refractivity contribution in [2.24, 2.45) is 0 Å². The van der Waals surface area contributed by atoms with Crippen molar-refractivity contribution in [2.45, 2.75) is 50.1 Å². The maximum absolute atomic E-state index is 13.7. The third-order valence-electron chi connectivity index (χ3n) is 6.93. The normalized spacial score (nSPS) is 16.8. The number of hydrogen-bond donors (Lipinski definition) is 2. The molecule has 6 rings (SSSR count). The van der Waals surface area contributed by atoms with Crippen molar-refractivity contribution in [2.75, 3.05) is 11.9 Å². The van der Waals surface area contributed by atoms with Gasteiger partial charge in [0.2, 0.25) is 5.95 Å². The van der Waals surface area contributed by atoms with E-state index >= 15 is 0 Å². The molecular weight excluding hydrogens is 530 g/mol. The van der Waals surface area contributed by atoms with Gasteiger partial charge in [-0.25, -0.2) is 24.3 Å². The lowest BCUT2D eigenvalue weighted by atomic mass is 10.0. The minimum absolute atomic E-state index is 0.0162. The molecule has 0 unspecified atom stereocenters. The molecule has 0 bridgehead atoms. The number of benzene rings is 1. The van der Waals surface area contributed by atoms with Gasteiger partial charge in [-0.05, 0) is 49.1 Å². The van der Waals surface area contributed by atoms with Gasteiger partial charge in [0.1, 0.15) is 23.2 Å².